The van der Waals surface area contributed by atoms with Crippen LogP contribution in [0.5, 0.6) is 11.5 Å². The first-order valence-corrected chi connectivity index (χ1v) is 10.2. The first-order valence-electron chi connectivity index (χ1n) is 10.2. The van der Waals surface area contributed by atoms with E-state index in [4.69, 9.17) is 13.9 Å². The van der Waals surface area contributed by atoms with Crippen LogP contribution in [0.4, 0.5) is 0 Å². The Kier molecular flexibility index (Phi) is 6.97. The molecule has 166 valence electrons. The summed E-state index contributed by atoms with van der Waals surface area (Å²) in [6, 6.07) is 22.8. The Labute approximate surface area is 190 Å². The molecule has 0 radical (unpaired) electrons. The maximum Gasteiger partial charge on any atom is 0.305 e. The molecule has 8 heteroatoms. The molecule has 33 heavy (non-hydrogen) atoms. The van der Waals surface area contributed by atoms with Gasteiger partial charge in [0.15, 0.2) is 5.76 Å². The van der Waals surface area contributed by atoms with Gasteiger partial charge in [-0.2, -0.15) is 0 Å². The smallest absolute Gasteiger partial charge is 0.305 e. The quantitative estimate of drug-likeness (QED) is 0.400. The molecule has 2 amide bonds. The standard InChI is InChI=1S/C25H21N3O5/c29-24(19-7-4-10-21(14-19)31-16-18-6-5-13-26-15-18)27-28-25(30)23-12-11-22(33-23)17-32-20-8-2-1-3-9-20/h1-15H,16-17H2,(H,27,29)(H,28,30). The second kappa shape index (κ2) is 10.6. The molecule has 0 aliphatic heterocycles. The van der Waals surface area contributed by atoms with Crippen LogP contribution in [0.15, 0.2) is 95.7 Å². The van der Waals surface area contributed by atoms with Crippen LogP contribution >= 0.6 is 0 Å². The summed E-state index contributed by atoms with van der Waals surface area (Å²) in [6.07, 6.45) is 3.39. The average molecular weight is 443 g/mol. The van der Waals surface area contributed by atoms with Gasteiger partial charge < -0.3 is 13.9 Å². The van der Waals surface area contributed by atoms with Crippen LogP contribution in [0, 0.1) is 0 Å². The number of hydrogen-bond acceptors (Lipinski definition) is 6. The van der Waals surface area contributed by atoms with E-state index in [1.165, 1.54) is 6.07 Å². The highest BCUT2D eigenvalue weighted by atomic mass is 16.5. The number of carbonyl (C=O) groups is 2. The van der Waals surface area contributed by atoms with Crippen molar-refractivity contribution in [2.75, 3.05) is 0 Å². The van der Waals surface area contributed by atoms with E-state index in [1.54, 1.807) is 42.7 Å². The van der Waals surface area contributed by atoms with E-state index in [-0.39, 0.29) is 12.4 Å². The number of amides is 2. The Morgan fingerprint density at radius 3 is 2.39 bits per heavy atom. The van der Waals surface area contributed by atoms with Gasteiger partial charge in [-0.3, -0.25) is 25.4 Å². The fourth-order valence-corrected chi connectivity index (χ4v) is 2.87. The van der Waals surface area contributed by atoms with Crippen molar-refractivity contribution >= 4 is 11.8 Å². The minimum Gasteiger partial charge on any atom is -0.489 e. The van der Waals surface area contributed by atoms with Crippen LogP contribution < -0.4 is 20.3 Å². The van der Waals surface area contributed by atoms with Crippen molar-refractivity contribution in [3.05, 3.63) is 114 Å². The molecule has 2 N–H and O–H groups in total. The van der Waals surface area contributed by atoms with Crippen LogP contribution in [-0.4, -0.2) is 16.8 Å². The largest absolute Gasteiger partial charge is 0.489 e. The number of rotatable bonds is 8. The highest BCUT2D eigenvalue weighted by Crippen LogP contribution is 2.16. The van der Waals surface area contributed by atoms with Gasteiger partial charge in [-0.15, -0.1) is 0 Å². The Morgan fingerprint density at radius 1 is 0.788 bits per heavy atom. The number of carbonyl (C=O) groups excluding carboxylic acids is 2. The van der Waals surface area contributed by atoms with Gasteiger partial charge in [0.1, 0.15) is 30.5 Å². The van der Waals surface area contributed by atoms with E-state index in [9.17, 15) is 9.59 Å². The maximum absolute atomic E-state index is 12.4. The molecule has 0 atom stereocenters. The van der Waals surface area contributed by atoms with E-state index in [0.29, 0.717) is 29.4 Å². The molecule has 2 heterocycles. The van der Waals surface area contributed by atoms with Crippen molar-refractivity contribution in [1.29, 1.82) is 0 Å². The van der Waals surface area contributed by atoms with Gasteiger partial charge in [-0.05, 0) is 48.5 Å². The number of hydrazine groups is 1. The number of ether oxygens (including phenoxy) is 2. The summed E-state index contributed by atoms with van der Waals surface area (Å²) < 4.78 is 16.8. The zero-order chi connectivity index (χ0) is 22.9. The molecule has 0 fully saturated rings. The van der Waals surface area contributed by atoms with E-state index in [1.807, 2.05) is 42.5 Å². The number of para-hydroxylation sites is 1. The van der Waals surface area contributed by atoms with Crippen LogP contribution in [-0.2, 0) is 13.2 Å². The monoisotopic (exact) mass is 443 g/mol. The van der Waals surface area contributed by atoms with Crippen molar-refractivity contribution in [2.45, 2.75) is 13.2 Å². The zero-order valence-electron chi connectivity index (χ0n) is 17.6. The Hall–Kier alpha value is -4.59. The third-order valence-corrected chi connectivity index (χ3v) is 4.52. The molecule has 2 aromatic carbocycles. The predicted molar refractivity (Wildman–Crippen MR) is 119 cm³/mol. The first-order chi connectivity index (χ1) is 16.2. The van der Waals surface area contributed by atoms with Crippen molar-refractivity contribution in [3.8, 4) is 11.5 Å². The summed E-state index contributed by atoms with van der Waals surface area (Å²) in [6.45, 7) is 0.500. The Morgan fingerprint density at radius 2 is 1.58 bits per heavy atom. The second-order valence-electron chi connectivity index (χ2n) is 6.95. The molecule has 0 aliphatic rings. The van der Waals surface area contributed by atoms with E-state index < -0.39 is 11.8 Å². The SMILES string of the molecule is O=C(NNC(=O)c1ccc(COc2ccccc2)o1)c1cccc(OCc2cccnc2)c1. The highest BCUT2D eigenvalue weighted by Gasteiger charge is 2.14. The van der Waals surface area contributed by atoms with Gasteiger partial charge in [0, 0.05) is 23.5 Å². The van der Waals surface area contributed by atoms with E-state index >= 15 is 0 Å². The van der Waals surface area contributed by atoms with Crippen LogP contribution in [0.1, 0.15) is 32.2 Å². The molecule has 8 nitrogen and oxygen atoms in total. The maximum atomic E-state index is 12.4. The third-order valence-electron chi connectivity index (χ3n) is 4.52. The number of benzene rings is 2. The molecule has 0 saturated heterocycles. The molecule has 4 rings (SSSR count). The Bertz CT molecular complexity index is 1210. The van der Waals surface area contributed by atoms with Crippen molar-refractivity contribution < 1.29 is 23.5 Å². The third kappa shape index (κ3) is 6.20. The molecular weight excluding hydrogens is 422 g/mol. The molecule has 0 saturated carbocycles. The van der Waals surface area contributed by atoms with Gasteiger partial charge >= 0.3 is 5.91 Å². The van der Waals surface area contributed by atoms with Gasteiger partial charge in [-0.1, -0.05) is 30.3 Å². The first kappa shape index (κ1) is 21.6. The average Bonchev–Trinajstić information content (AvgIpc) is 3.35. The lowest BCUT2D eigenvalue weighted by Crippen LogP contribution is -2.41. The summed E-state index contributed by atoms with van der Waals surface area (Å²) >= 11 is 0. The summed E-state index contributed by atoms with van der Waals surface area (Å²) in [5.41, 5.74) is 5.95. The lowest BCUT2D eigenvalue weighted by Gasteiger charge is -2.09. The second-order valence-corrected chi connectivity index (χ2v) is 6.95. The van der Waals surface area contributed by atoms with Gasteiger partial charge in [0.05, 0.1) is 0 Å². The van der Waals surface area contributed by atoms with Gasteiger partial charge in [0.2, 0.25) is 0 Å². The van der Waals surface area contributed by atoms with Crippen LogP contribution in [0.25, 0.3) is 0 Å². The Balaban J connectivity index is 1.27. The summed E-state index contributed by atoms with van der Waals surface area (Å²) in [5.74, 6) is 0.669. The van der Waals surface area contributed by atoms with Crippen molar-refractivity contribution in [1.82, 2.24) is 15.8 Å². The molecule has 0 spiro atoms. The highest BCUT2D eigenvalue weighted by molar-refractivity contribution is 5.98. The molecular formula is C25H21N3O5. The number of hydrogen-bond donors (Lipinski definition) is 2. The molecule has 0 bridgehead atoms. The lowest BCUT2D eigenvalue weighted by atomic mass is 10.2. The minimum atomic E-state index is -0.585. The van der Waals surface area contributed by atoms with Crippen LogP contribution in [0.2, 0.25) is 0 Å². The molecule has 2 aromatic heterocycles. The number of aromatic nitrogens is 1. The number of nitrogens with one attached hydrogen (secondary N) is 2. The zero-order valence-corrected chi connectivity index (χ0v) is 17.6. The fraction of sp³-hybridized carbons (Fsp3) is 0.0800. The lowest BCUT2D eigenvalue weighted by molar-refractivity contribution is 0.0828. The number of pyridine rings is 1. The normalized spacial score (nSPS) is 10.3. The summed E-state index contributed by atoms with van der Waals surface area (Å²) in [7, 11) is 0. The molecule has 4 aromatic rings. The van der Waals surface area contributed by atoms with E-state index in [0.717, 1.165) is 5.56 Å². The van der Waals surface area contributed by atoms with Gasteiger partial charge in [-0.25, -0.2) is 0 Å². The topological polar surface area (TPSA) is 103 Å². The number of furan rings is 1. The van der Waals surface area contributed by atoms with E-state index in [2.05, 4.69) is 15.8 Å². The summed E-state index contributed by atoms with van der Waals surface area (Å²) in [5, 5.41) is 0. The van der Waals surface area contributed by atoms with Crippen molar-refractivity contribution in [3.63, 3.8) is 0 Å². The molecule has 0 aliphatic carbocycles. The molecule has 0 unspecified atom stereocenters. The van der Waals surface area contributed by atoms with Crippen LogP contribution in [0.3, 0.4) is 0 Å². The number of nitrogens with zero attached hydrogens (tertiary/aromatic N) is 1. The minimum absolute atomic E-state index is 0.0514. The fourth-order valence-electron chi connectivity index (χ4n) is 2.87. The van der Waals surface area contributed by atoms with Crippen molar-refractivity contribution in [2.24, 2.45) is 0 Å². The predicted octanol–water partition coefficient (Wildman–Crippen LogP) is 3.91. The summed E-state index contributed by atoms with van der Waals surface area (Å²) in [4.78, 5) is 28.8. The van der Waals surface area contributed by atoms with Gasteiger partial charge in [0.25, 0.3) is 5.91 Å².